The Morgan fingerprint density at radius 2 is 1.75 bits per heavy atom. The van der Waals surface area contributed by atoms with Crippen LogP contribution >= 0.6 is 11.6 Å². The molecule has 0 radical (unpaired) electrons. The van der Waals surface area contributed by atoms with Gasteiger partial charge < -0.3 is 20.5 Å². The molecule has 0 aliphatic heterocycles. The zero-order valence-corrected chi connectivity index (χ0v) is 37.1. The number of nitrogens with one attached hydrogen (secondary N) is 4. The summed E-state index contributed by atoms with van der Waals surface area (Å²) in [6, 6.07) is 7.68. The van der Waals surface area contributed by atoms with Crippen LogP contribution in [0.1, 0.15) is 50.7 Å². The zero-order valence-electron chi connectivity index (χ0n) is 35.5. The summed E-state index contributed by atoms with van der Waals surface area (Å²) < 4.78 is 135. The summed E-state index contributed by atoms with van der Waals surface area (Å²) in [4.78, 5) is 21.0. The Hall–Kier alpha value is -5.74. The van der Waals surface area contributed by atoms with E-state index in [-0.39, 0.29) is 52.7 Å². The Morgan fingerprint density at radius 1 is 1.09 bits per heavy atom. The largest absolute Gasteiger partial charge is 0.444 e. The Morgan fingerprint density at radius 3 is 2.35 bits per heavy atom. The van der Waals surface area contributed by atoms with E-state index >= 15 is 8.78 Å². The minimum atomic E-state index is -5.22. The van der Waals surface area contributed by atoms with Crippen molar-refractivity contribution < 1.29 is 53.8 Å². The molecule has 5 atom stereocenters. The fraction of sp³-hybridized carbons (Fsp3) is 0.419. The number of ether oxygens (including phenoxy) is 1. The molecule has 1 fully saturated rings. The number of hydrogen-bond acceptors (Lipinski definition) is 10. The fourth-order valence-corrected chi connectivity index (χ4v) is 8.15. The number of pyridine rings is 1. The summed E-state index contributed by atoms with van der Waals surface area (Å²) in [5.74, 6) is -1.22. The van der Waals surface area contributed by atoms with Crippen molar-refractivity contribution in [1.82, 2.24) is 25.4 Å². The number of alkyl halides is 5. The zero-order chi connectivity index (χ0) is 48.0. The molecule has 5 unspecified atom stereocenters. The number of halogens is 8. The maximum Gasteiger partial charge on any atom is 0.429 e. The topological polar surface area (TPSA) is 184 Å². The van der Waals surface area contributed by atoms with Gasteiger partial charge in [0.1, 0.15) is 40.2 Å². The molecule has 5 N–H and O–H groups in total. The van der Waals surface area contributed by atoms with Gasteiger partial charge >= 0.3 is 18.2 Å². The number of benzene rings is 2. The van der Waals surface area contributed by atoms with Crippen LogP contribution in [0.4, 0.5) is 41.3 Å². The molecule has 65 heavy (non-hydrogen) atoms. The second kappa shape index (κ2) is 17.9. The van der Waals surface area contributed by atoms with Crippen LogP contribution in [0.15, 0.2) is 47.5 Å². The van der Waals surface area contributed by atoms with Gasteiger partial charge in [-0.15, -0.1) is 0 Å². The van der Waals surface area contributed by atoms with Gasteiger partial charge in [-0.05, 0) is 75.9 Å². The number of aliphatic imine (C=N–C) groups is 1. The first-order chi connectivity index (χ1) is 30.0. The second-order valence-corrected chi connectivity index (χ2v) is 18.9. The lowest BCUT2D eigenvalue weighted by Crippen LogP contribution is -2.42. The first-order valence-corrected chi connectivity index (χ1v) is 22.0. The first-order valence-electron chi connectivity index (χ1n) is 19.7. The highest BCUT2D eigenvalue weighted by Crippen LogP contribution is 2.51. The van der Waals surface area contributed by atoms with Crippen LogP contribution in [0.25, 0.3) is 22.0 Å². The van der Waals surface area contributed by atoms with Crippen molar-refractivity contribution in [3.8, 4) is 34.8 Å². The van der Waals surface area contributed by atoms with Crippen LogP contribution < -0.4 is 15.4 Å². The van der Waals surface area contributed by atoms with Crippen LogP contribution in [-0.4, -0.2) is 95.0 Å². The van der Waals surface area contributed by atoms with Gasteiger partial charge in [-0.1, -0.05) is 35.4 Å². The number of nitrogens with zero attached hydrogens (tertiary/aromatic N) is 4. The van der Waals surface area contributed by atoms with Crippen molar-refractivity contribution in [2.24, 2.45) is 29.8 Å². The molecular formula is C43H42ClF7N8O5S. The van der Waals surface area contributed by atoms with Crippen LogP contribution in [-0.2, 0) is 28.2 Å². The third-order valence-corrected chi connectivity index (χ3v) is 11.0. The number of aryl methyl sites for hydroxylation is 1. The Kier molecular flexibility index (Phi) is 13.4. The van der Waals surface area contributed by atoms with Crippen LogP contribution in [0.2, 0.25) is 5.02 Å². The van der Waals surface area contributed by atoms with Gasteiger partial charge in [0.25, 0.3) is 0 Å². The molecule has 0 spiro atoms. The van der Waals surface area contributed by atoms with E-state index in [2.05, 4.69) is 49.1 Å². The quantitative estimate of drug-likeness (QED) is 0.0412. The normalized spacial score (nSPS) is 19.8. The number of hydrogen-bond donors (Lipinski definition) is 5. The molecule has 1 amide bonds. The van der Waals surface area contributed by atoms with Gasteiger partial charge in [0.05, 0.1) is 64.6 Å². The predicted molar refractivity (Wildman–Crippen MR) is 229 cm³/mol. The average molecular weight is 951 g/mol. The smallest absolute Gasteiger partial charge is 0.429 e. The van der Waals surface area contributed by atoms with Crippen molar-refractivity contribution in [1.29, 1.82) is 5.41 Å². The van der Waals surface area contributed by atoms with Crippen LogP contribution in [0.3, 0.4) is 0 Å². The van der Waals surface area contributed by atoms with E-state index in [0.717, 1.165) is 18.4 Å². The highest BCUT2D eigenvalue weighted by molar-refractivity contribution is 7.92. The number of anilines is 1. The van der Waals surface area contributed by atoms with E-state index in [9.17, 15) is 40.3 Å². The summed E-state index contributed by atoms with van der Waals surface area (Å²) in [6.45, 7) is 5.01. The average Bonchev–Trinajstić information content (AvgIpc) is 3.54. The van der Waals surface area contributed by atoms with E-state index in [1.54, 1.807) is 32.9 Å². The lowest BCUT2D eigenvalue weighted by atomic mass is 9.80. The highest BCUT2D eigenvalue weighted by Gasteiger charge is 2.65. The highest BCUT2D eigenvalue weighted by atomic mass is 35.5. The summed E-state index contributed by atoms with van der Waals surface area (Å²) in [5, 5.41) is 28.9. The Bertz CT molecular complexity index is 2820. The molecule has 4 aromatic rings. The first kappa shape index (κ1) is 48.7. The number of carbonyl (C=O) groups excluding carboxylic acids is 1. The van der Waals surface area contributed by atoms with Crippen molar-refractivity contribution >= 4 is 55.9 Å². The molecule has 2 aliphatic carbocycles. The number of alkyl carbamates (subject to hydrolysis) is 1. The summed E-state index contributed by atoms with van der Waals surface area (Å²) in [7, 11) is -2.35. The van der Waals surface area contributed by atoms with E-state index in [0.29, 0.717) is 22.7 Å². The van der Waals surface area contributed by atoms with Gasteiger partial charge in [0.2, 0.25) is 10.0 Å². The summed E-state index contributed by atoms with van der Waals surface area (Å²) >= 11 is 6.61. The van der Waals surface area contributed by atoms with Crippen LogP contribution in [0.5, 0.6) is 0 Å². The molecule has 6 rings (SSSR count). The number of sulfonamides is 1. The number of amides is 1. The minimum Gasteiger partial charge on any atom is -0.444 e. The lowest BCUT2D eigenvalue weighted by molar-refractivity contribution is -0.0632. The van der Waals surface area contributed by atoms with Crippen molar-refractivity contribution in [3.05, 3.63) is 76.1 Å². The Labute approximate surface area is 374 Å². The Balaban J connectivity index is 1.46. The summed E-state index contributed by atoms with van der Waals surface area (Å²) in [6.07, 6.45) is -5.38. The molecule has 2 aromatic heterocycles. The van der Waals surface area contributed by atoms with Crippen molar-refractivity contribution in [3.63, 3.8) is 0 Å². The predicted octanol–water partition coefficient (Wildman–Crippen LogP) is 6.98. The van der Waals surface area contributed by atoms with Gasteiger partial charge in [-0.2, -0.15) is 27.1 Å². The van der Waals surface area contributed by atoms with E-state index in [1.165, 1.54) is 30.8 Å². The molecule has 0 saturated heterocycles. The lowest BCUT2D eigenvalue weighted by Gasteiger charge is -2.23. The number of rotatable bonds is 13. The van der Waals surface area contributed by atoms with Crippen LogP contribution in [0, 0.1) is 58.5 Å². The number of aromatic nitrogens is 3. The molecule has 346 valence electrons. The van der Waals surface area contributed by atoms with E-state index in [4.69, 9.17) is 26.7 Å². The molecule has 0 bridgehead atoms. The van der Waals surface area contributed by atoms with Crippen molar-refractivity contribution in [2.45, 2.75) is 63.5 Å². The fourth-order valence-electron chi connectivity index (χ4n) is 7.41. The van der Waals surface area contributed by atoms with E-state index in [1.807, 2.05) is 0 Å². The number of fused-ring (bicyclic) bond motifs is 2. The third kappa shape index (κ3) is 11.2. The third-order valence-electron chi connectivity index (χ3n) is 10.1. The van der Waals surface area contributed by atoms with Crippen molar-refractivity contribution in [2.75, 3.05) is 30.6 Å². The molecule has 1 saturated carbocycles. The molecule has 13 nitrogen and oxygen atoms in total. The standard InChI is InChI=1S/C43H42ClF7N8O5S/c1-40(2,3)64-39(60)55-21-41(4,61)14-13-25-7-8-26(27-10-12-30(44)33-35(27)59(5)57-38(33)58-65(6,62)63)34(56-25)31(19-22-17-23(45)20-24(46)18-22)53-15-16-54-37-32(36(52)43(49,50)51)28-9-11-29(28)42(37,47)48/h7-8,10,12,17-18,20,28-29,31-32,52-53,61H,15-16,19,21H2,1-6H3,(H,55,60)(H,57,58). The maximum absolute atomic E-state index is 15.5. The summed E-state index contributed by atoms with van der Waals surface area (Å²) in [5.41, 5.74) is -4.59. The number of aliphatic hydroxyl groups is 1. The monoisotopic (exact) mass is 950 g/mol. The van der Waals surface area contributed by atoms with Gasteiger partial charge in [0, 0.05) is 30.8 Å². The molecular weight excluding hydrogens is 909 g/mol. The SMILES string of the molecule is Cn1nc(NS(C)(=O)=O)c2c(Cl)ccc(-c3ccc(C#CC(C)(O)CNC(=O)OC(C)(C)C)nc3C(Cc3cc(F)cc(F)c3)NCCN=C3C(C(=N)C(F)(F)F)C4C#CC4C3(F)F)c21. The van der Waals surface area contributed by atoms with Gasteiger partial charge in [0.15, 0.2) is 5.82 Å². The molecule has 22 heteroatoms. The van der Waals surface area contributed by atoms with Gasteiger partial charge in [-0.3, -0.25) is 19.8 Å². The molecule has 2 aliphatic rings. The maximum atomic E-state index is 15.5. The minimum absolute atomic E-state index is 0.0167. The molecule has 2 heterocycles. The molecule has 2 aromatic carbocycles. The second-order valence-electron chi connectivity index (χ2n) is 16.7. The van der Waals surface area contributed by atoms with Gasteiger partial charge in [-0.25, -0.2) is 27.0 Å². The van der Waals surface area contributed by atoms with E-state index < -0.39 is 92.8 Å². The number of carbonyl (C=O) groups is 1.